The number of fused-ring (bicyclic) bond motifs is 1. The molecule has 8 heteroatoms. The minimum Gasteiger partial charge on any atom is -0.493 e. The second-order valence-corrected chi connectivity index (χ2v) is 9.58. The Bertz CT molecular complexity index is 1160. The Morgan fingerprint density at radius 2 is 1.88 bits per heavy atom. The summed E-state index contributed by atoms with van der Waals surface area (Å²) >= 11 is 11.5. The van der Waals surface area contributed by atoms with Crippen molar-refractivity contribution in [1.82, 2.24) is 9.47 Å². The molecule has 6 nitrogen and oxygen atoms in total. The number of halogens is 1. The monoisotopic (exact) mass is 469 g/mol. The zero-order chi connectivity index (χ0) is 22.8. The second-order valence-electron chi connectivity index (χ2n) is 8.78. The molecule has 1 fully saturated rings. The average Bonchev–Trinajstić information content (AvgIpc) is 3.00. The highest BCUT2D eigenvalue weighted by Gasteiger charge is 2.24. The van der Waals surface area contributed by atoms with Crippen LogP contribution in [0.1, 0.15) is 25.8 Å². The lowest BCUT2D eigenvalue weighted by molar-refractivity contribution is 0.108. The molecule has 2 aromatic carbocycles. The van der Waals surface area contributed by atoms with Crippen LogP contribution >= 0.6 is 23.8 Å². The molecule has 1 aromatic heterocycles. The van der Waals surface area contributed by atoms with Gasteiger partial charge in [0.1, 0.15) is 0 Å². The third-order valence-corrected chi connectivity index (χ3v) is 6.55. The first-order valence-electron chi connectivity index (χ1n) is 10.8. The maximum Gasteiger partial charge on any atom is 0.221 e. The molecule has 1 aliphatic rings. The first kappa shape index (κ1) is 22.7. The third-order valence-electron chi connectivity index (χ3n) is 5.95. The fourth-order valence-electron chi connectivity index (χ4n) is 4.60. The van der Waals surface area contributed by atoms with Gasteiger partial charge in [-0.1, -0.05) is 49.7 Å². The van der Waals surface area contributed by atoms with Gasteiger partial charge in [0, 0.05) is 29.2 Å². The molecule has 3 aromatic rings. The molecular weight excluding hydrogens is 442 g/mol. The smallest absolute Gasteiger partial charge is 0.221 e. The third kappa shape index (κ3) is 4.80. The van der Waals surface area contributed by atoms with Crippen molar-refractivity contribution in [2.75, 3.05) is 18.4 Å². The molecule has 2 atom stereocenters. The van der Waals surface area contributed by atoms with Gasteiger partial charge < -0.3 is 10.4 Å². The summed E-state index contributed by atoms with van der Waals surface area (Å²) in [5, 5.41) is 24.3. The number of nitrogens with one attached hydrogen (secondary N) is 1. The molecule has 0 bridgehead atoms. The summed E-state index contributed by atoms with van der Waals surface area (Å²) in [5.74, 6) is 1.38. The predicted molar refractivity (Wildman–Crippen MR) is 135 cm³/mol. The van der Waals surface area contributed by atoms with E-state index in [0.717, 1.165) is 35.2 Å². The highest BCUT2D eigenvalue weighted by Crippen LogP contribution is 2.39. The van der Waals surface area contributed by atoms with Crippen molar-refractivity contribution < 1.29 is 5.11 Å². The minimum atomic E-state index is 0.0996. The van der Waals surface area contributed by atoms with Crippen molar-refractivity contribution in [2.45, 2.75) is 33.9 Å². The maximum absolute atomic E-state index is 11.1. The van der Waals surface area contributed by atoms with E-state index < -0.39 is 0 Å². The lowest BCUT2D eigenvalue weighted by Crippen LogP contribution is -2.39. The molecule has 1 saturated heterocycles. The lowest BCUT2D eigenvalue weighted by Gasteiger charge is -2.35. The van der Waals surface area contributed by atoms with Crippen LogP contribution in [0, 0.1) is 18.8 Å². The molecule has 0 amide bonds. The number of hydrogen-bond acceptors (Lipinski definition) is 4. The van der Waals surface area contributed by atoms with Crippen molar-refractivity contribution >= 4 is 51.2 Å². The van der Waals surface area contributed by atoms with Crippen LogP contribution < -0.4 is 5.32 Å². The molecule has 0 saturated carbocycles. The highest BCUT2D eigenvalue weighted by atomic mass is 35.5. The fourth-order valence-corrected chi connectivity index (χ4v) is 4.92. The summed E-state index contributed by atoms with van der Waals surface area (Å²) in [4.78, 5) is 2.39. The molecule has 4 rings (SSSR count). The van der Waals surface area contributed by atoms with Crippen LogP contribution in [-0.2, 0) is 6.67 Å². The number of rotatable bonds is 4. The first-order valence-corrected chi connectivity index (χ1v) is 11.6. The van der Waals surface area contributed by atoms with Gasteiger partial charge in [-0.15, -0.1) is 10.2 Å². The number of likely N-dealkylation sites (tertiary alicyclic amines) is 1. The Kier molecular flexibility index (Phi) is 6.79. The minimum absolute atomic E-state index is 0.0996. The van der Waals surface area contributed by atoms with Crippen LogP contribution in [0.5, 0.6) is 5.88 Å². The molecule has 32 heavy (non-hydrogen) atoms. The van der Waals surface area contributed by atoms with Gasteiger partial charge in [0.25, 0.3) is 0 Å². The number of hydrogen-bond donors (Lipinski definition) is 2. The molecule has 168 valence electrons. The summed E-state index contributed by atoms with van der Waals surface area (Å²) in [5.41, 5.74) is 3.01. The van der Waals surface area contributed by atoms with Gasteiger partial charge in [-0.05, 0) is 61.2 Å². The molecule has 2 heterocycles. The fraction of sp³-hybridized carbons (Fsp3) is 0.375. The van der Waals surface area contributed by atoms with E-state index in [4.69, 9.17) is 23.8 Å². The SMILES string of the molecule is Cc1c(Cl)cccc1NC(=S)N=Nc1c(O)n(CN2C[C@@H](C)C[C@H](C)C2)c2ccccc12. The summed E-state index contributed by atoms with van der Waals surface area (Å²) in [6.07, 6.45) is 1.24. The summed E-state index contributed by atoms with van der Waals surface area (Å²) in [7, 11) is 0. The Morgan fingerprint density at radius 1 is 1.16 bits per heavy atom. The Balaban J connectivity index is 1.59. The number of nitrogens with zero attached hydrogens (tertiary/aromatic N) is 4. The Labute approximate surface area is 198 Å². The number of thiocarbonyl (C=S) groups is 1. The van der Waals surface area contributed by atoms with E-state index in [1.54, 1.807) is 0 Å². The number of para-hydroxylation sites is 1. The number of aromatic nitrogens is 1. The van der Waals surface area contributed by atoms with Crippen molar-refractivity contribution in [3.8, 4) is 5.88 Å². The van der Waals surface area contributed by atoms with Gasteiger partial charge in [0.15, 0.2) is 5.69 Å². The maximum atomic E-state index is 11.1. The molecule has 0 spiro atoms. The molecule has 2 N–H and O–H groups in total. The predicted octanol–water partition coefficient (Wildman–Crippen LogP) is 6.72. The van der Waals surface area contributed by atoms with E-state index >= 15 is 0 Å². The van der Waals surface area contributed by atoms with E-state index in [2.05, 4.69) is 34.3 Å². The molecular formula is C24H28ClN5OS. The summed E-state index contributed by atoms with van der Waals surface area (Å²) in [6, 6.07) is 13.4. The summed E-state index contributed by atoms with van der Waals surface area (Å²) < 4.78 is 1.91. The van der Waals surface area contributed by atoms with Gasteiger partial charge in [-0.3, -0.25) is 9.47 Å². The standard InChI is InChI=1S/C24H28ClN5OS/c1-15-11-16(2)13-29(12-15)14-30-21-10-5-4-7-18(21)22(23(30)31)27-28-24(32)26-20-9-6-8-19(25)17(20)3/h4-10,15-16,31H,11-14H2,1-3H3,(H,26,32)/t15-,16-/m0/s1. The van der Waals surface area contributed by atoms with E-state index in [-0.39, 0.29) is 11.0 Å². The average molecular weight is 470 g/mol. The van der Waals surface area contributed by atoms with Crippen LogP contribution in [0.25, 0.3) is 10.9 Å². The topological polar surface area (TPSA) is 65.2 Å². The second kappa shape index (κ2) is 9.57. The van der Waals surface area contributed by atoms with Gasteiger partial charge >= 0.3 is 0 Å². The van der Waals surface area contributed by atoms with Gasteiger partial charge in [-0.2, -0.15) is 0 Å². The zero-order valence-corrected chi connectivity index (χ0v) is 20.1. The van der Waals surface area contributed by atoms with Gasteiger partial charge in [0.05, 0.1) is 12.2 Å². The quantitative estimate of drug-likeness (QED) is 0.328. The van der Waals surface area contributed by atoms with E-state index in [0.29, 0.717) is 29.2 Å². The lowest BCUT2D eigenvalue weighted by atomic mass is 9.92. The van der Waals surface area contributed by atoms with Crippen LogP contribution in [-0.4, -0.2) is 32.8 Å². The number of azo groups is 1. The van der Waals surface area contributed by atoms with Crippen molar-refractivity contribution in [1.29, 1.82) is 0 Å². The van der Waals surface area contributed by atoms with Crippen molar-refractivity contribution in [3.05, 3.63) is 53.1 Å². The summed E-state index contributed by atoms with van der Waals surface area (Å²) in [6.45, 7) is 9.12. The first-order chi connectivity index (χ1) is 15.3. The van der Waals surface area contributed by atoms with Crippen molar-refractivity contribution in [3.63, 3.8) is 0 Å². The number of anilines is 1. The van der Waals surface area contributed by atoms with E-state index in [1.807, 2.05) is 54.0 Å². The largest absolute Gasteiger partial charge is 0.493 e. The van der Waals surface area contributed by atoms with Gasteiger partial charge in [-0.25, -0.2) is 0 Å². The number of piperidine rings is 1. The molecule has 0 aliphatic carbocycles. The number of aromatic hydroxyl groups is 1. The normalized spacial score (nSPS) is 19.6. The molecule has 0 radical (unpaired) electrons. The van der Waals surface area contributed by atoms with Crippen LogP contribution in [0.2, 0.25) is 5.02 Å². The highest BCUT2D eigenvalue weighted by molar-refractivity contribution is 7.80. The number of benzene rings is 2. The zero-order valence-electron chi connectivity index (χ0n) is 18.5. The molecule has 0 unspecified atom stereocenters. The Hall–Kier alpha value is -2.48. The van der Waals surface area contributed by atoms with Gasteiger partial charge in [0.2, 0.25) is 11.0 Å². The molecule has 1 aliphatic heterocycles. The van der Waals surface area contributed by atoms with Crippen LogP contribution in [0.4, 0.5) is 11.4 Å². The van der Waals surface area contributed by atoms with E-state index in [9.17, 15) is 5.11 Å². The van der Waals surface area contributed by atoms with Crippen molar-refractivity contribution in [2.24, 2.45) is 22.1 Å². The van der Waals surface area contributed by atoms with E-state index in [1.165, 1.54) is 6.42 Å². The van der Waals surface area contributed by atoms with Crippen LogP contribution in [0.3, 0.4) is 0 Å². The van der Waals surface area contributed by atoms with Crippen LogP contribution in [0.15, 0.2) is 52.7 Å². The Morgan fingerprint density at radius 3 is 2.62 bits per heavy atom.